The number of benzene rings is 2. The first-order valence-corrected chi connectivity index (χ1v) is 10.9. The van der Waals surface area contributed by atoms with Crippen LogP contribution in [0, 0.1) is 5.92 Å². The van der Waals surface area contributed by atoms with Gasteiger partial charge in [0, 0.05) is 19.6 Å². The number of sulfonamides is 1. The average molecular weight is 388 g/mol. The molecule has 0 unspecified atom stereocenters. The lowest BCUT2D eigenvalue weighted by Crippen LogP contribution is -2.43. The molecule has 2 aromatic carbocycles. The molecule has 7 heteroatoms. The molecule has 2 aromatic rings. The minimum Gasteiger partial charge on any atom is -0.457 e. The Morgan fingerprint density at radius 1 is 1.15 bits per heavy atom. The Balaban J connectivity index is 1.72. The van der Waals surface area contributed by atoms with Crippen molar-refractivity contribution in [3.8, 4) is 11.5 Å². The summed E-state index contributed by atoms with van der Waals surface area (Å²) in [6.07, 6.45) is 2.90. The molecule has 144 valence electrons. The van der Waals surface area contributed by atoms with Gasteiger partial charge in [-0.1, -0.05) is 30.3 Å². The van der Waals surface area contributed by atoms with Gasteiger partial charge in [-0.2, -0.15) is 0 Å². The molecule has 6 nitrogen and oxygen atoms in total. The lowest BCUT2D eigenvalue weighted by atomic mass is 9.97. The number of piperidine rings is 1. The normalized spacial score (nSPS) is 17.5. The second-order valence-electron chi connectivity index (χ2n) is 6.79. The summed E-state index contributed by atoms with van der Waals surface area (Å²) in [4.78, 5) is 14.8. The minimum atomic E-state index is -3.23. The van der Waals surface area contributed by atoms with Gasteiger partial charge in [-0.3, -0.25) is 4.79 Å². The topological polar surface area (TPSA) is 75.7 Å². The molecule has 0 spiro atoms. The fraction of sp³-hybridized carbons (Fsp3) is 0.350. The fourth-order valence-electron chi connectivity index (χ4n) is 3.20. The molecule has 0 aliphatic carbocycles. The summed E-state index contributed by atoms with van der Waals surface area (Å²) in [5.41, 5.74) is 0.512. The molecule has 3 rings (SSSR count). The van der Waals surface area contributed by atoms with E-state index in [4.69, 9.17) is 4.74 Å². The zero-order valence-electron chi connectivity index (χ0n) is 15.3. The standard InChI is InChI=1S/C20H24N2O4S/c1-27(24,25)21-14-16-8-7-13-22(15-16)20(23)18-11-5-6-12-19(18)26-17-9-3-2-4-10-17/h2-6,9-12,16,21H,7-8,13-15H2,1H3/t16-/m0/s1. The highest BCUT2D eigenvalue weighted by atomic mass is 32.2. The van der Waals surface area contributed by atoms with Gasteiger partial charge < -0.3 is 9.64 Å². The van der Waals surface area contributed by atoms with E-state index in [-0.39, 0.29) is 11.8 Å². The maximum atomic E-state index is 13.1. The van der Waals surface area contributed by atoms with E-state index in [0.717, 1.165) is 19.1 Å². The summed E-state index contributed by atoms with van der Waals surface area (Å²) in [6, 6.07) is 16.5. The van der Waals surface area contributed by atoms with E-state index >= 15 is 0 Å². The van der Waals surface area contributed by atoms with Gasteiger partial charge in [0.05, 0.1) is 11.8 Å². The van der Waals surface area contributed by atoms with Gasteiger partial charge in [-0.25, -0.2) is 13.1 Å². The number of nitrogens with zero attached hydrogens (tertiary/aromatic N) is 1. The van der Waals surface area contributed by atoms with Crippen molar-refractivity contribution in [3.05, 3.63) is 60.2 Å². The van der Waals surface area contributed by atoms with Crippen LogP contribution in [0.3, 0.4) is 0 Å². The van der Waals surface area contributed by atoms with E-state index < -0.39 is 10.0 Å². The molecule has 1 atom stereocenters. The highest BCUT2D eigenvalue weighted by molar-refractivity contribution is 7.88. The maximum absolute atomic E-state index is 13.1. The van der Waals surface area contributed by atoms with E-state index in [0.29, 0.717) is 36.7 Å². The van der Waals surface area contributed by atoms with Crippen LogP contribution in [0.2, 0.25) is 0 Å². The lowest BCUT2D eigenvalue weighted by Gasteiger charge is -2.33. The Bertz CT molecular complexity index is 884. The zero-order chi connectivity index (χ0) is 19.3. The largest absolute Gasteiger partial charge is 0.457 e. The van der Waals surface area contributed by atoms with Crippen molar-refractivity contribution in [1.82, 2.24) is 9.62 Å². The first kappa shape index (κ1) is 19.4. The smallest absolute Gasteiger partial charge is 0.257 e. The summed E-state index contributed by atoms with van der Waals surface area (Å²) >= 11 is 0. The van der Waals surface area contributed by atoms with Crippen LogP contribution in [0.15, 0.2) is 54.6 Å². The Morgan fingerprint density at radius 2 is 1.85 bits per heavy atom. The maximum Gasteiger partial charge on any atom is 0.257 e. The third kappa shape index (κ3) is 5.55. The van der Waals surface area contributed by atoms with Crippen LogP contribution < -0.4 is 9.46 Å². The number of hydrogen-bond donors (Lipinski definition) is 1. The number of nitrogens with one attached hydrogen (secondary N) is 1. The number of rotatable bonds is 6. The summed E-state index contributed by atoms with van der Waals surface area (Å²) in [6.45, 7) is 1.54. The minimum absolute atomic E-state index is 0.0920. The van der Waals surface area contributed by atoms with Crippen molar-refractivity contribution >= 4 is 15.9 Å². The molecule has 0 radical (unpaired) electrons. The quantitative estimate of drug-likeness (QED) is 0.826. The van der Waals surface area contributed by atoms with Crippen molar-refractivity contribution in [2.24, 2.45) is 5.92 Å². The molecule has 27 heavy (non-hydrogen) atoms. The van der Waals surface area contributed by atoms with E-state index in [1.54, 1.807) is 17.0 Å². The van der Waals surface area contributed by atoms with E-state index in [1.165, 1.54) is 0 Å². The van der Waals surface area contributed by atoms with Crippen LogP contribution in [0.4, 0.5) is 0 Å². The van der Waals surface area contributed by atoms with Gasteiger partial charge in [0.15, 0.2) is 0 Å². The second-order valence-corrected chi connectivity index (χ2v) is 8.62. The molecule has 0 aromatic heterocycles. The van der Waals surface area contributed by atoms with Crippen LogP contribution in [0.5, 0.6) is 11.5 Å². The van der Waals surface area contributed by atoms with Crippen LogP contribution in [0.25, 0.3) is 0 Å². The molecule has 1 amide bonds. The van der Waals surface area contributed by atoms with Gasteiger partial charge in [0.1, 0.15) is 11.5 Å². The molecule has 1 fully saturated rings. The second kappa shape index (κ2) is 8.54. The predicted octanol–water partition coefficient (Wildman–Crippen LogP) is 2.88. The van der Waals surface area contributed by atoms with Crippen LogP contribution in [-0.2, 0) is 10.0 Å². The number of para-hydroxylation sites is 2. The fourth-order valence-corrected chi connectivity index (χ4v) is 3.74. The molecule has 1 aliphatic heterocycles. The third-order valence-corrected chi connectivity index (χ3v) is 5.22. The number of ether oxygens (including phenoxy) is 1. The van der Waals surface area contributed by atoms with Crippen LogP contribution >= 0.6 is 0 Å². The number of carbonyl (C=O) groups is 1. The number of amides is 1. The molecule has 1 N–H and O–H groups in total. The van der Waals surface area contributed by atoms with Crippen molar-refractivity contribution in [1.29, 1.82) is 0 Å². The molecule has 0 bridgehead atoms. The Hall–Kier alpha value is -2.38. The third-order valence-electron chi connectivity index (χ3n) is 4.53. The number of hydrogen-bond acceptors (Lipinski definition) is 4. The highest BCUT2D eigenvalue weighted by Crippen LogP contribution is 2.27. The van der Waals surface area contributed by atoms with Crippen molar-refractivity contribution in [2.45, 2.75) is 12.8 Å². The summed E-state index contributed by atoms with van der Waals surface area (Å²) < 4.78 is 31.1. The van der Waals surface area contributed by atoms with Gasteiger partial charge >= 0.3 is 0 Å². The van der Waals surface area contributed by atoms with E-state index in [2.05, 4.69) is 4.72 Å². The molecular weight excluding hydrogens is 364 g/mol. The monoisotopic (exact) mass is 388 g/mol. The predicted molar refractivity (Wildman–Crippen MR) is 104 cm³/mol. The molecular formula is C20H24N2O4S. The van der Waals surface area contributed by atoms with Gasteiger partial charge in [-0.05, 0) is 43.0 Å². The van der Waals surface area contributed by atoms with E-state index in [1.807, 2.05) is 42.5 Å². The SMILES string of the molecule is CS(=O)(=O)NC[C@@H]1CCCN(C(=O)c2ccccc2Oc2ccccc2)C1. The van der Waals surface area contributed by atoms with Crippen LogP contribution in [0.1, 0.15) is 23.2 Å². The van der Waals surface area contributed by atoms with E-state index in [9.17, 15) is 13.2 Å². The Morgan fingerprint density at radius 3 is 2.59 bits per heavy atom. The first-order valence-electron chi connectivity index (χ1n) is 8.98. The summed E-state index contributed by atoms with van der Waals surface area (Å²) in [5, 5.41) is 0. The first-order chi connectivity index (χ1) is 12.9. The molecule has 0 saturated carbocycles. The highest BCUT2D eigenvalue weighted by Gasteiger charge is 2.26. The Kier molecular flexibility index (Phi) is 6.13. The Labute approximate surface area is 160 Å². The lowest BCUT2D eigenvalue weighted by molar-refractivity contribution is 0.0674. The summed E-state index contributed by atoms with van der Waals surface area (Å²) in [5.74, 6) is 1.21. The molecule has 1 saturated heterocycles. The van der Waals surface area contributed by atoms with Crippen molar-refractivity contribution in [2.75, 3.05) is 25.9 Å². The van der Waals surface area contributed by atoms with Gasteiger partial charge in [0.25, 0.3) is 5.91 Å². The summed E-state index contributed by atoms with van der Waals surface area (Å²) in [7, 11) is -3.23. The van der Waals surface area contributed by atoms with Crippen LogP contribution in [-0.4, -0.2) is 45.1 Å². The van der Waals surface area contributed by atoms with Gasteiger partial charge in [0.2, 0.25) is 10.0 Å². The average Bonchev–Trinajstić information content (AvgIpc) is 2.67. The molecule has 1 aliphatic rings. The van der Waals surface area contributed by atoms with Gasteiger partial charge in [-0.15, -0.1) is 0 Å². The number of carbonyl (C=O) groups excluding carboxylic acids is 1. The van der Waals surface area contributed by atoms with Crippen molar-refractivity contribution < 1.29 is 17.9 Å². The number of likely N-dealkylation sites (tertiary alicyclic amines) is 1. The molecule has 1 heterocycles. The zero-order valence-corrected chi connectivity index (χ0v) is 16.1. The van der Waals surface area contributed by atoms with Crippen molar-refractivity contribution in [3.63, 3.8) is 0 Å².